The van der Waals surface area contributed by atoms with E-state index in [0.29, 0.717) is 15.8 Å². The van der Waals surface area contributed by atoms with Crippen LogP contribution in [0.4, 0.5) is 4.39 Å². The third-order valence-corrected chi connectivity index (χ3v) is 4.54. The molecule has 0 saturated heterocycles. The molecule has 0 unspecified atom stereocenters. The van der Waals surface area contributed by atoms with Gasteiger partial charge in [0.1, 0.15) is 12.6 Å². The summed E-state index contributed by atoms with van der Waals surface area (Å²) in [6.45, 7) is -0.801. The Morgan fingerprint density at radius 1 is 1.28 bits per heavy atom. The first-order valence-corrected chi connectivity index (χ1v) is 9.29. The van der Waals surface area contributed by atoms with Gasteiger partial charge in [0.05, 0.1) is 16.6 Å². The first-order chi connectivity index (χ1) is 11.7. The fraction of sp³-hybridized carbons (Fsp3) is 0.267. The van der Waals surface area contributed by atoms with Crippen molar-refractivity contribution < 1.29 is 12.8 Å². The molecule has 1 aromatic carbocycles. The van der Waals surface area contributed by atoms with Crippen LogP contribution in [0, 0.1) is 0 Å². The standard InChI is InChI=1S/C15H15FN4O4S/c1-19-13(3-4-17-19)10-6-11-12(5-9(10)7-16)18-15(22)20(14(11)21)8-25(2,23)24/h3-6H,7-8H2,1-2H3,(H,18,22). The predicted octanol–water partition coefficient (Wildman–Crippen LogP) is 0.562. The van der Waals surface area contributed by atoms with E-state index in [1.807, 2.05) is 0 Å². The van der Waals surface area contributed by atoms with Crippen LogP contribution < -0.4 is 11.2 Å². The number of fused-ring (bicyclic) bond motifs is 1. The lowest BCUT2D eigenvalue weighted by atomic mass is 10.0. The number of sulfone groups is 1. The number of nitrogens with zero attached hydrogens (tertiary/aromatic N) is 3. The lowest BCUT2D eigenvalue weighted by Gasteiger charge is -2.11. The normalized spacial score (nSPS) is 12.0. The van der Waals surface area contributed by atoms with Crippen molar-refractivity contribution in [2.75, 3.05) is 6.26 Å². The molecule has 3 rings (SSSR count). The van der Waals surface area contributed by atoms with Gasteiger partial charge in [-0.15, -0.1) is 0 Å². The van der Waals surface area contributed by atoms with Gasteiger partial charge in [0.25, 0.3) is 5.56 Å². The first kappa shape index (κ1) is 17.1. The monoisotopic (exact) mass is 366 g/mol. The van der Waals surface area contributed by atoms with Crippen molar-refractivity contribution in [3.05, 3.63) is 50.8 Å². The Bertz CT molecular complexity index is 1190. The summed E-state index contributed by atoms with van der Waals surface area (Å²) in [6, 6.07) is 4.49. The molecular weight excluding hydrogens is 351 g/mol. The molecule has 0 aliphatic rings. The topological polar surface area (TPSA) is 107 Å². The van der Waals surface area contributed by atoms with E-state index in [9.17, 15) is 22.4 Å². The quantitative estimate of drug-likeness (QED) is 0.726. The second-order valence-corrected chi connectivity index (χ2v) is 7.86. The average Bonchev–Trinajstić information content (AvgIpc) is 2.95. The summed E-state index contributed by atoms with van der Waals surface area (Å²) >= 11 is 0. The van der Waals surface area contributed by atoms with Gasteiger partial charge in [-0.2, -0.15) is 5.10 Å². The largest absolute Gasteiger partial charge is 0.329 e. The fourth-order valence-electron chi connectivity index (χ4n) is 2.68. The third-order valence-electron chi connectivity index (χ3n) is 3.81. The zero-order valence-electron chi connectivity index (χ0n) is 13.5. The molecule has 3 aromatic rings. The number of benzene rings is 1. The van der Waals surface area contributed by atoms with Crippen molar-refractivity contribution in [2.24, 2.45) is 7.05 Å². The number of H-pyrrole nitrogens is 1. The molecule has 2 heterocycles. The molecule has 132 valence electrons. The van der Waals surface area contributed by atoms with E-state index >= 15 is 0 Å². The molecule has 10 heteroatoms. The maximum Gasteiger partial charge on any atom is 0.329 e. The van der Waals surface area contributed by atoms with Crippen LogP contribution in [-0.2, 0) is 29.4 Å². The molecule has 0 radical (unpaired) electrons. The highest BCUT2D eigenvalue weighted by Gasteiger charge is 2.16. The second-order valence-electron chi connectivity index (χ2n) is 5.75. The van der Waals surface area contributed by atoms with Gasteiger partial charge in [-0.05, 0) is 23.8 Å². The van der Waals surface area contributed by atoms with Crippen LogP contribution in [0.1, 0.15) is 5.56 Å². The molecule has 0 spiro atoms. The Morgan fingerprint density at radius 2 is 2.00 bits per heavy atom. The Hall–Kier alpha value is -2.75. The number of hydrogen-bond donors (Lipinski definition) is 1. The minimum absolute atomic E-state index is 0.0941. The lowest BCUT2D eigenvalue weighted by Crippen LogP contribution is -2.37. The molecule has 0 fully saturated rings. The third kappa shape index (κ3) is 3.12. The molecule has 0 bridgehead atoms. The van der Waals surface area contributed by atoms with Gasteiger partial charge in [-0.3, -0.25) is 9.48 Å². The van der Waals surface area contributed by atoms with E-state index < -0.39 is 33.6 Å². The highest BCUT2D eigenvalue weighted by atomic mass is 32.2. The molecule has 25 heavy (non-hydrogen) atoms. The smallest absolute Gasteiger partial charge is 0.307 e. The van der Waals surface area contributed by atoms with Crippen molar-refractivity contribution in [1.29, 1.82) is 0 Å². The number of aryl methyl sites for hydroxylation is 1. The van der Waals surface area contributed by atoms with E-state index in [4.69, 9.17) is 0 Å². The molecule has 2 aromatic heterocycles. The summed E-state index contributed by atoms with van der Waals surface area (Å²) in [6.07, 6.45) is 2.46. The molecule has 1 N–H and O–H groups in total. The summed E-state index contributed by atoms with van der Waals surface area (Å²) in [4.78, 5) is 27.1. The Kier molecular flexibility index (Phi) is 4.07. The number of nitrogens with one attached hydrogen (secondary N) is 1. The summed E-state index contributed by atoms with van der Waals surface area (Å²) in [5.74, 6) is -0.733. The maximum absolute atomic E-state index is 13.5. The van der Waals surface area contributed by atoms with E-state index in [-0.39, 0.29) is 16.5 Å². The highest BCUT2D eigenvalue weighted by Crippen LogP contribution is 2.27. The van der Waals surface area contributed by atoms with Gasteiger partial charge in [-0.1, -0.05) is 0 Å². The van der Waals surface area contributed by atoms with Crippen LogP contribution in [0.5, 0.6) is 0 Å². The summed E-state index contributed by atoms with van der Waals surface area (Å²) in [5.41, 5.74) is -0.135. The number of alkyl halides is 1. The number of halogens is 1. The van der Waals surface area contributed by atoms with E-state index in [1.54, 1.807) is 13.1 Å². The van der Waals surface area contributed by atoms with Crippen molar-refractivity contribution in [1.82, 2.24) is 19.3 Å². The minimum atomic E-state index is -3.59. The Labute approximate surface area is 141 Å². The molecular formula is C15H15FN4O4S. The number of aromatic nitrogens is 4. The van der Waals surface area contributed by atoms with Crippen LogP contribution in [0.3, 0.4) is 0 Å². The summed E-state index contributed by atoms with van der Waals surface area (Å²) < 4.78 is 38.5. The van der Waals surface area contributed by atoms with E-state index in [1.165, 1.54) is 23.0 Å². The van der Waals surface area contributed by atoms with Gasteiger partial charge in [0.2, 0.25) is 0 Å². The summed E-state index contributed by atoms with van der Waals surface area (Å²) in [5, 5.41) is 4.12. The van der Waals surface area contributed by atoms with Crippen LogP contribution in [0.15, 0.2) is 34.0 Å². The molecule has 0 aliphatic heterocycles. The fourth-order valence-corrected chi connectivity index (χ4v) is 3.39. The molecule has 0 aliphatic carbocycles. The van der Waals surface area contributed by atoms with E-state index in [2.05, 4.69) is 10.1 Å². The van der Waals surface area contributed by atoms with Crippen LogP contribution in [-0.4, -0.2) is 34.0 Å². The van der Waals surface area contributed by atoms with Crippen LogP contribution in [0.2, 0.25) is 0 Å². The van der Waals surface area contributed by atoms with Gasteiger partial charge in [0, 0.05) is 25.1 Å². The Morgan fingerprint density at radius 3 is 2.56 bits per heavy atom. The average molecular weight is 366 g/mol. The SMILES string of the molecule is Cn1nccc1-c1cc2c(=O)n(CS(C)(=O)=O)c(=O)[nH]c2cc1CF. The number of hydrogen-bond acceptors (Lipinski definition) is 5. The lowest BCUT2D eigenvalue weighted by molar-refractivity contribution is 0.486. The van der Waals surface area contributed by atoms with Crippen LogP contribution >= 0.6 is 0 Å². The second kappa shape index (κ2) is 5.96. The first-order valence-electron chi connectivity index (χ1n) is 7.23. The summed E-state index contributed by atoms with van der Waals surface area (Å²) in [7, 11) is -1.92. The molecule has 0 saturated carbocycles. The zero-order valence-corrected chi connectivity index (χ0v) is 14.3. The zero-order chi connectivity index (χ0) is 18.4. The van der Waals surface area contributed by atoms with Crippen molar-refractivity contribution in [3.63, 3.8) is 0 Å². The van der Waals surface area contributed by atoms with Crippen molar-refractivity contribution in [3.8, 4) is 11.3 Å². The Balaban J connectivity index is 2.36. The number of rotatable bonds is 4. The van der Waals surface area contributed by atoms with E-state index in [0.717, 1.165) is 6.26 Å². The maximum atomic E-state index is 13.5. The molecule has 0 atom stereocenters. The van der Waals surface area contributed by atoms with Crippen molar-refractivity contribution in [2.45, 2.75) is 12.6 Å². The minimum Gasteiger partial charge on any atom is -0.307 e. The molecule has 8 nitrogen and oxygen atoms in total. The van der Waals surface area contributed by atoms with Gasteiger partial charge >= 0.3 is 5.69 Å². The van der Waals surface area contributed by atoms with Crippen molar-refractivity contribution >= 4 is 20.7 Å². The van der Waals surface area contributed by atoms with Crippen LogP contribution in [0.25, 0.3) is 22.2 Å². The van der Waals surface area contributed by atoms with Gasteiger partial charge < -0.3 is 4.98 Å². The number of aromatic amines is 1. The van der Waals surface area contributed by atoms with Gasteiger partial charge in [-0.25, -0.2) is 22.2 Å². The van der Waals surface area contributed by atoms with Gasteiger partial charge in [0.15, 0.2) is 9.84 Å². The molecule has 0 amide bonds. The highest BCUT2D eigenvalue weighted by molar-refractivity contribution is 7.89. The predicted molar refractivity (Wildman–Crippen MR) is 90.7 cm³/mol.